The molecule has 3 aromatic carbocycles. The van der Waals surface area contributed by atoms with Crippen molar-refractivity contribution in [3.63, 3.8) is 0 Å². The number of phenols is 1. The lowest BCUT2D eigenvalue weighted by Crippen LogP contribution is -2.58. The van der Waals surface area contributed by atoms with Crippen LogP contribution in [0, 0.1) is 13.8 Å². The summed E-state index contributed by atoms with van der Waals surface area (Å²) in [5.41, 5.74) is 31.3. The number of hydrogen-bond donors (Lipinski definition) is 9. The first-order chi connectivity index (χ1) is 23.8. The average Bonchev–Trinajstić information content (AvgIpc) is 3.06. The number of nitrogens with one attached hydrogen (secondary N) is 3. The van der Waals surface area contributed by atoms with Gasteiger partial charge in [-0.05, 0) is 97.7 Å². The molecule has 0 saturated carbocycles. The van der Waals surface area contributed by atoms with Crippen molar-refractivity contribution in [3.05, 3.63) is 76.9 Å². The van der Waals surface area contributed by atoms with Crippen molar-refractivity contribution in [1.29, 1.82) is 0 Å². The van der Waals surface area contributed by atoms with Gasteiger partial charge in [0.15, 0.2) is 5.96 Å². The molecule has 0 heterocycles. The number of rotatable bonds is 19. The van der Waals surface area contributed by atoms with Crippen LogP contribution in [0.5, 0.6) is 5.75 Å². The van der Waals surface area contributed by atoms with Crippen LogP contribution >= 0.6 is 0 Å². The minimum atomic E-state index is -1.14. The SMILES string of the molecule is Cc1cc(O)cc(C)c1C[C@H](NC(=O)[C@H](N)CCCN=C(N)N)C(=O)N[C@@H](CCCCN)C(=O)N[C@@H](Cc1ccc2ccccc2c1)C(N)=O. The van der Waals surface area contributed by atoms with Gasteiger partial charge in [-0.3, -0.25) is 24.2 Å². The largest absolute Gasteiger partial charge is 0.508 e. The summed E-state index contributed by atoms with van der Waals surface area (Å²) in [4.78, 5) is 57.3. The van der Waals surface area contributed by atoms with Crippen molar-refractivity contribution in [2.24, 2.45) is 33.7 Å². The zero-order valence-corrected chi connectivity index (χ0v) is 28.8. The number of carbonyl (C=O) groups is 4. The van der Waals surface area contributed by atoms with Crippen molar-refractivity contribution in [2.45, 2.75) is 83.0 Å². The normalized spacial score (nSPS) is 13.4. The van der Waals surface area contributed by atoms with Crippen LogP contribution in [0.3, 0.4) is 0 Å². The lowest BCUT2D eigenvalue weighted by molar-refractivity contribution is -0.133. The first-order valence-electron chi connectivity index (χ1n) is 16.8. The smallest absolute Gasteiger partial charge is 0.243 e. The summed E-state index contributed by atoms with van der Waals surface area (Å²) in [7, 11) is 0. The van der Waals surface area contributed by atoms with Crippen molar-refractivity contribution in [3.8, 4) is 5.75 Å². The fourth-order valence-corrected chi connectivity index (χ4v) is 5.77. The molecule has 270 valence electrons. The molecular formula is C36H51N9O5. The molecular weight excluding hydrogens is 638 g/mol. The molecule has 3 rings (SSSR count). The van der Waals surface area contributed by atoms with Gasteiger partial charge in [0.2, 0.25) is 23.6 Å². The highest BCUT2D eigenvalue weighted by atomic mass is 16.3. The number of aliphatic imine (C=N–C) groups is 1. The van der Waals surface area contributed by atoms with Crippen LogP contribution in [0.15, 0.2) is 59.6 Å². The second-order valence-corrected chi connectivity index (χ2v) is 12.6. The van der Waals surface area contributed by atoms with Crippen molar-refractivity contribution < 1.29 is 24.3 Å². The van der Waals surface area contributed by atoms with Gasteiger partial charge in [0.05, 0.1) is 6.04 Å². The van der Waals surface area contributed by atoms with Gasteiger partial charge in [0.25, 0.3) is 0 Å². The molecule has 14 heteroatoms. The Morgan fingerprint density at radius 1 is 0.740 bits per heavy atom. The van der Waals surface area contributed by atoms with Gasteiger partial charge in [-0.15, -0.1) is 0 Å². The van der Waals surface area contributed by atoms with E-state index in [0.717, 1.165) is 21.9 Å². The Labute approximate surface area is 292 Å². The quantitative estimate of drug-likeness (QED) is 0.0478. The van der Waals surface area contributed by atoms with Crippen molar-refractivity contribution in [2.75, 3.05) is 13.1 Å². The second kappa shape index (κ2) is 19.1. The minimum Gasteiger partial charge on any atom is -0.508 e. The molecule has 0 fully saturated rings. The highest BCUT2D eigenvalue weighted by molar-refractivity contribution is 5.95. The number of aryl methyl sites for hydroxylation is 2. The Bertz CT molecular complexity index is 1650. The Morgan fingerprint density at radius 2 is 1.36 bits per heavy atom. The Morgan fingerprint density at radius 3 is 2.00 bits per heavy atom. The number of nitrogens with two attached hydrogens (primary N) is 5. The zero-order valence-electron chi connectivity index (χ0n) is 28.8. The summed E-state index contributed by atoms with van der Waals surface area (Å²) in [6, 6.07) is 12.4. The maximum Gasteiger partial charge on any atom is 0.243 e. The van der Waals surface area contributed by atoms with E-state index in [2.05, 4.69) is 20.9 Å². The third-order valence-corrected chi connectivity index (χ3v) is 8.52. The number of nitrogens with zero attached hydrogens (tertiary/aromatic N) is 1. The molecule has 0 aliphatic heterocycles. The Balaban J connectivity index is 1.83. The number of benzene rings is 3. The topological polar surface area (TPSA) is 267 Å². The Hall–Kier alpha value is -5.21. The van der Waals surface area contributed by atoms with Crippen molar-refractivity contribution >= 4 is 40.4 Å². The number of hydrogen-bond acceptors (Lipinski definition) is 8. The fourth-order valence-electron chi connectivity index (χ4n) is 5.77. The minimum absolute atomic E-state index is 0.0548. The molecule has 0 aromatic heterocycles. The predicted molar refractivity (Wildman–Crippen MR) is 195 cm³/mol. The van der Waals surface area contributed by atoms with Crippen LogP contribution in [0.2, 0.25) is 0 Å². The number of aromatic hydroxyl groups is 1. The van der Waals surface area contributed by atoms with E-state index in [4.69, 9.17) is 28.7 Å². The Kier molecular flexibility index (Phi) is 15.0. The highest BCUT2D eigenvalue weighted by Gasteiger charge is 2.31. The predicted octanol–water partition coefficient (Wildman–Crippen LogP) is 0.397. The van der Waals surface area contributed by atoms with Crippen LogP contribution in [0.25, 0.3) is 10.8 Å². The molecule has 14 N–H and O–H groups in total. The number of guanidine groups is 1. The number of unbranched alkanes of at least 4 members (excludes halogenated alkanes) is 1. The molecule has 0 aliphatic carbocycles. The van der Waals surface area contributed by atoms with E-state index in [9.17, 15) is 24.3 Å². The van der Waals surface area contributed by atoms with E-state index in [1.807, 2.05) is 42.5 Å². The second-order valence-electron chi connectivity index (χ2n) is 12.6. The molecule has 0 spiro atoms. The maximum absolute atomic E-state index is 14.0. The lowest BCUT2D eigenvalue weighted by atomic mass is 9.95. The monoisotopic (exact) mass is 689 g/mol. The van der Waals surface area contributed by atoms with Crippen LogP contribution in [0.1, 0.15) is 54.4 Å². The number of primary amides is 1. The van der Waals surface area contributed by atoms with E-state index < -0.39 is 47.8 Å². The number of phenolic OH excluding ortho intramolecular Hbond substituents is 1. The molecule has 3 aromatic rings. The van der Waals surface area contributed by atoms with Crippen molar-refractivity contribution in [1.82, 2.24) is 16.0 Å². The van der Waals surface area contributed by atoms with Gasteiger partial charge in [-0.2, -0.15) is 0 Å². The number of carbonyl (C=O) groups excluding carboxylic acids is 4. The molecule has 0 radical (unpaired) electrons. The lowest BCUT2D eigenvalue weighted by Gasteiger charge is -2.26. The summed E-state index contributed by atoms with van der Waals surface area (Å²) >= 11 is 0. The summed E-state index contributed by atoms with van der Waals surface area (Å²) in [6.07, 6.45) is 2.21. The van der Waals surface area contributed by atoms with Gasteiger partial charge in [-0.1, -0.05) is 42.5 Å². The molecule has 0 aliphatic rings. The highest BCUT2D eigenvalue weighted by Crippen LogP contribution is 2.22. The van der Waals surface area contributed by atoms with Crippen LogP contribution in [-0.2, 0) is 32.0 Å². The van der Waals surface area contributed by atoms with Gasteiger partial charge >= 0.3 is 0 Å². The molecule has 0 unspecified atom stereocenters. The van der Waals surface area contributed by atoms with E-state index in [1.54, 1.807) is 26.0 Å². The molecule has 0 saturated heterocycles. The average molecular weight is 690 g/mol. The van der Waals surface area contributed by atoms with E-state index in [0.29, 0.717) is 36.9 Å². The fraction of sp³-hybridized carbons (Fsp3) is 0.417. The summed E-state index contributed by atoms with van der Waals surface area (Å²) in [5, 5.41) is 20.4. The van der Waals surface area contributed by atoms with E-state index in [1.165, 1.54) is 0 Å². The molecule has 4 amide bonds. The summed E-state index contributed by atoms with van der Waals surface area (Å²) in [5.74, 6) is -2.52. The summed E-state index contributed by atoms with van der Waals surface area (Å²) in [6.45, 7) is 4.24. The summed E-state index contributed by atoms with van der Waals surface area (Å²) < 4.78 is 0. The molecule has 4 atom stereocenters. The number of amides is 4. The van der Waals surface area contributed by atoms with Gasteiger partial charge < -0.3 is 49.7 Å². The first kappa shape index (κ1) is 39.2. The maximum atomic E-state index is 14.0. The first-order valence-corrected chi connectivity index (χ1v) is 16.8. The van der Waals surface area contributed by atoms with Crippen LogP contribution in [0.4, 0.5) is 0 Å². The van der Waals surface area contributed by atoms with E-state index in [-0.39, 0.29) is 43.9 Å². The third kappa shape index (κ3) is 12.0. The molecule has 14 nitrogen and oxygen atoms in total. The molecule has 50 heavy (non-hydrogen) atoms. The van der Waals surface area contributed by atoms with Gasteiger partial charge in [0.1, 0.15) is 23.9 Å². The zero-order chi connectivity index (χ0) is 36.8. The van der Waals surface area contributed by atoms with Crippen LogP contribution < -0.4 is 44.6 Å². The van der Waals surface area contributed by atoms with Crippen LogP contribution in [-0.4, -0.2) is 72.0 Å². The standard InChI is InChI=1S/C36H51N9O5/c1-21-16-26(46)17-22(2)27(21)20-31(45-33(48)28(38)10-7-15-42-36(40)41)35(50)43-29(11-5-6-14-37)34(49)44-30(32(39)47)19-23-12-13-24-8-3-4-9-25(24)18-23/h3-4,8-9,12-13,16-18,28-31,46H,5-7,10-11,14-15,19-20,37-38H2,1-2H3,(H2,39,47)(H,43,50)(H,44,49)(H,45,48)(H4,40,41,42)/t28-,29+,30+,31+/m1/s1. The third-order valence-electron chi connectivity index (χ3n) is 8.52. The molecule has 0 bridgehead atoms. The number of fused-ring (bicyclic) bond motifs is 1. The van der Waals surface area contributed by atoms with Gasteiger partial charge in [0, 0.05) is 19.4 Å². The van der Waals surface area contributed by atoms with E-state index >= 15 is 0 Å². The van der Waals surface area contributed by atoms with Gasteiger partial charge in [-0.25, -0.2) is 0 Å².